The summed E-state index contributed by atoms with van der Waals surface area (Å²) in [6.45, 7) is 0.419. The van der Waals surface area contributed by atoms with Gasteiger partial charge in [-0.15, -0.1) is 0 Å². The number of ether oxygens (including phenoxy) is 2. The number of aromatic nitrogens is 4. The first-order valence-electron chi connectivity index (χ1n) is 11.6. The zero-order chi connectivity index (χ0) is 25.8. The highest BCUT2D eigenvalue weighted by molar-refractivity contribution is 5.83. The Labute approximate surface area is 215 Å². The van der Waals surface area contributed by atoms with Crippen LogP contribution in [0.3, 0.4) is 0 Å². The Morgan fingerprint density at radius 3 is 2.32 bits per heavy atom. The quantitative estimate of drug-likeness (QED) is 0.270. The van der Waals surface area contributed by atoms with Gasteiger partial charge in [-0.1, -0.05) is 11.8 Å². The largest absolute Gasteiger partial charge is 0.497 e. The monoisotopic (exact) mass is 490 g/mol. The molecule has 0 amide bonds. The Kier molecular flexibility index (Phi) is 6.60. The summed E-state index contributed by atoms with van der Waals surface area (Å²) in [5.41, 5.74) is 12.4. The van der Waals surface area contributed by atoms with Crippen LogP contribution >= 0.6 is 0 Å². The summed E-state index contributed by atoms with van der Waals surface area (Å²) in [4.78, 5) is 11.6. The number of nitrogens with two attached hydrogens (primary N) is 1. The summed E-state index contributed by atoms with van der Waals surface area (Å²) in [7, 11) is 5.15. The Balaban J connectivity index is 1.57. The molecule has 0 fully saturated rings. The third kappa shape index (κ3) is 5.31. The van der Waals surface area contributed by atoms with Gasteiger partial charge in [-0.3, -0.25) is 9.67 Å². The topological polar surface area (TPSA) is 91.3 Å². The molecule has 2 heterocycles. The van der Waals surface area contributed by atoms with E-state index in [4.69, 9.17) is 20.2 Å². The molecule has 37 heavy (non-hydrogen) atoms. The first-order valence-corrected chi connectivity index (χ1v) is 11.6. The van der Waals surface area contributed by atoms with E-state index in [1.54, 1.807) is 31.3 Å². The second-order valence-electron chi connectivity index (χ2n) is 8.41. The zero-order valence-corrected chi connectivity index (χ0v) is 20.8. The minimum absolute atomic E-state index is 0.419. The molecular formula is C29H26N6O2. The lowest BCUT2D eigenvalue weighted by Crippen LogP contribution is -2.17. The van der Waals surface area contributed by atoms with Crippen LogP contribution in [0.25, 0.3) is 22.3 Å². The first-order chi connectivity index (χ1) is 18.0. The van der Waals surface area contributed by atoms with Crippen LogP contribution in [0.1, 0.15) is 5.56 Å². The van der Waals surface area contributed by atoms with Gasteiger partial charge in [-0.05, 0) is 42.5 Å². The number of aryl methyl sites for hydroxylation is 1. The molecule has 0 unspecified atom stereocenters. The predicted octanol–water partition coefficient (Wildman–Crippen LogP) is 4.82. The summed E-state index contributed by atoms with van der Waals surface area (Å²) >= 11 is 0. The molecule has 184 valence electrons. The van der Waals surface area contributed by atoms with E-state index < -0.39 is 0 Å². The summed E-state index contributed by atoms with van der Waals surface area (Å²) in [5.74, 6) is 7.88. The highest BCUT2D eigenvalue weighted by Crippen LogP contribution is 2.34. The zero-order valence-electron chi connectivity index (χ0n) is 20.8. The number of nitrogen functional groups attached to an aromatic ring is 1. The van der Waals surface area contributed by atoms with Gasteiger partial charge in [-0.2, -0.15) is 5.10 Å². The number of nitrogens with zero attached hydrogens (tertiary/aromatic N) is 5. The van der Waals surface area contributed by atoms with Gasteiger partial charge >= 0.3 is 0 Å². The van der Waals surface area contributed by atoms with Crippen LogP contribution in [-0.2, 0) is 7.05 Å². The number of anilines is 3. The van der Waals surface area contributed by atoms with Crippen molar-refractivity contribution in [3.05, 3.63) is 84.8 Å². The molecule has 2 N–H and O–H groups in total. The minimum atomic E-state index is 0.419. The van der Waals surface area contributed by atoms with Gasteiger partial charge in [-0.25, -0.2) is 4.98 Å². The van der Waals surface area contributed by atoms with Crippen LogP contribution in [-0.4, -0.2) is 40.5 Å². The van der Waals surface area contributed by atoms with E-state index in [9.17, 15) is 0 Å². The summed E-state index contributed by atoms with van der Waals surface area (Å²) in [5, 5.41) is 4.25. The van der Waals surface area contributed by atoms with Crippen molar-refractivity contribution in [2.75, 3.05) is 31.4 Å². The number of benzene rings is 3. The van der Waals surface area contributed by atoms with Crippen molar-refractivity contribution in [1.29, 1.82) is 0 Å². The van der Waals surface area contributed by atoms with Crippen molar-refractivity contribution in [1.82, 2.24) is 19.7 Å². The number of hydrogen-bond acceptors (Lipinski definition) is 7. The molecule has 0 atom stereocenters. The molecule has 0 saturated carbocycles. The number of rotatable bonds is 6. The Hall–Kier alpha value is -5.03. The van der Waals surface area contributed by atoms with Crippen molar-refractivity contribution in [3.63, 3.8) is 0 Å². The molecule has 0 spiro atoms. The highest BCUT2D eigenvalue weighted by atomic mass is 16.5. The molecule has 5 rings (SSSR count). The lowest BCUT2D eigenvalue weighted by molar-refractivity contribution is 0.394. The first kappa shape index (κ1) is 23.7. The maximum Gasteiger partial charge on any atom is 0.124 e. The molecular weight excluding hydrogens is 464 g/mol. The fraction of sp³-hybridized carbons (Fsp3) is 0.138. The van der Waals surface area contributed by atoms with Crippen molar-refractivity contribution in [2.45, 2.75) is 0 Å². The van der Waals surface area contributed by atoms with Crippen LogP contribution in [0.5, 0.6) is 11.5 Å². The van der Waals surface area contributed by atoms with E-state index in [0.717, 1.165) is 39.2 Å². The Morgan fingerprint density at radius 1 is 0.892 bits per heavy atom. The number of hydrogen-bond donors (Lipinski definition) is 1. The molecule has 0 bridgehead atoms. The Bertz CT molecular complexity index is 1590. The number of methoxy groups -OCH3 is 2. The predicted molar refractivity (Wildman–Crippen MR) is 146 cm³/mol. The van der Waals surface area contributed by atoms with E-state index in [2.05, 4.69) is 26.8 Å². The van der Waals surface area contributed by atoms with E-state index in [-0.39, 0.29) is 0 Å². The highest BCUT2D eigenvalue weighted by Gasteiger charge is 2.14. The minimum Gasteiger partial charge on any atom is -0.497 e. The van der Waals surface area contributed by atoms with Crippen LogP contribution < -0.4 is 20.1 Å². The lowest BCUT2D eigenvalue weighted by Gasteiger charge is -2.24. The molecule has 0 aliphatic rings. The number of fused-ring (bicyclic) bond motifs is 1. The summed E-state index contributed by atoms with van der Waals surface area (Å²) < 4.78 is 12.8. The van der Waals surface area contributed by atoms with Gasteiger partial charge in [0.1, 0.15) is 11.5 Å². The van der Waals surface area contributed by atoms with Gasteiger partial charge in [0, 0.05) is 59.6 Å². The normalized spacial score (nSPS) is 10.6. The molecule has 0 aliphatic heterocycles. The van der Waals surface area contributed by atoms with Gasteiger partial charge in [0.2, 0.25) is 0 Å². The third-order valence-corrected chi connectivity index (χ3v) is 5.87. The summed E-state index contributed by atoms with van der Waals surface area (Å²) in [6, 6.07) is 19.2. The average Bonchev–Trinajstić information content (AvgIpc) is 3.37. The molecule has 8 nitrogen and oxygen atoms in total. The van der Waals surface area contributed by atoms with Crippen LogP contribution in [0.2, 0.25) is 0 Å². The molecule has 2 aromatic heterocycles. The van der Waals surface area contributed by atoms with Gasteiger partial charge in [0.25, 0.3) is 0 Å². The Morgan fingerprint density at radius 2 is 1.65 bits per heavy atom. The van der Waals surface area contributed by atoms with Crippen molar-refractivity contribution < 1.29 is 9.47 Å². The van der Waals surface area contributed by atoms with Gasteiger partial charge < -0.3 is 20.1 Å². The standard InChI is InChI=1S/C29H26N6O2/c1-34-19-21(17-32-34)29-18-31-27-11-10-23(15-28(27)33-29)35(12-4-5-20-6-8-22(30)9-7-20)24-13-25(36-2)16-26(14-24)37-3/h6-11,13-19H,12,30H2,1-3H3. The second kappa shape index (κ2) is 10.3. The second-order valence-corrected chi connectivity index (χ2v) is 8.41. The smallest absolute Gasteiger partial charge is 0.124 e. The summed E-state index contributed by atoms with van der Waals surface area (Å²) in [6.07, 6.45) is 5.46. The molecule has 5 aromatic rings. The average molecular weight is 491 g/mol. The maximum absolute atomic E-state index is 5.81. The SMILES string of the molecule is COc1cc(OC)cc(N(CC#Cc2ccc(N)cc2)c2ccc3ncc(-c4cnn(C)c4)nc3c2)c1. The van der Waals surface area contributed by atoms with Crippen molar-refractivity contribution >= 4 is 28.1 Å². The molecule has 0 radical (unpaired) electrons. The van der Waals surface area contributed by atoms with Crippen LogP contribution in [0, 0.1) is 11.8 Å². The van der Waals surface area contributed by atoms with Crippen LogP contribution in [0.15, 0.2) is 79.3 Å². The third-order valence-electron chi connectivity index (χ3n) is 5.87. The van der Waals surface area contributed by atoms with E-state index in [0.29, 0.717) is 23.7 Å². The molecule has 3 aromatic carbocycles. The van der Waals surface area contributed by atoms with E-state index in [1.165, 1.54) is 0 Å². The lowest BCUT2D eigenvalue weighted by atomic mass is 10.1. The fourth-order valence-electron chi connectivity index (χ4n) is 3.93. The molecule has 0 saturated heterocycles. The van der Waals surface area contributed by atoms with Gasteiger partial charge in [0.15, 0.2) is 0 Å². The van der Waals surface area contributed by atoms with Crippen LogP contribution in [0.4, 0.5) is 17.1 Å². The molecule has 0 aliphatic carbocycles. The van der Waals surface area contributed by atoms with Crippen molar-refractivity contribution in [2.24, 2.45) is 7.05 Å². The van der Waals surface area contributed by atoms with E-state index in [1.807, 2.05) is 73.9 Å². The molecule has 8 heteroatoms. The fourth-order valence-corrected chi connectivity index (χ4v) is 3.93. The maximum atomic E-state index is 5.81. The van der Waals surface area contributed by atoms with E-state index >= 15 is 0 Å². The van der Waals surface area contributed by atoms with Gasteiger partial charge in [0.05, 0.1) is 49.9 Å². The van der Waals surface area contributed by atoms with Crippen molar-refractivity contribution in [3.8, 4) is 34.6 Å².